The Kier molecular flexibility index (Phi) is 2.62. The fourth-order valence-electron chi connectivity index (χ4n) is 4.95. The molecule has 4 heteroatoms. The summed E-state index contributed by atoms with van der Waals surface area (Å²) in [5, 5.41) is 8.33. The molecule has 3 aliphatic carbocycles. The van der Waals surface area contributed by atoms with E-state index in [2.05, 4.69) is 23.4 Å². The fraction of sp³-hybridized carbons (Fsp3) is 0.667. The number of rotatable bonds is 2. The monoisotopic (exact) mass is 296 g/mol. The first kappa shape index (κ1) is 12.9. The molecule has 0 aliphatic heterocycles. The molecule has 0 amide bonds. The Labute approximate surface area is 131 Å². The summed E-state index contributed by atoms with van der Waals surface area (Å²) in [6.45, 7) is 2.43. The summed E-state index contributed by atoms with van der Waals surface area (Å²) in [5.74, 6) is 1.96. The van der Waals surface area contributed by atoms with Crippen molar-refractivity contribution >= 4 is 11.5 Å². The van der Waals surface area contributed by atoms with E-state index in [4.69, 9.17) is 4.98 Å². The highest BCUT2D eigenvalue weighted by atomic mass is 15.3. The zero-order valence-corrected chi connectivity index (χ0v) is 13.3. The van der Waals surface area contributed by atoms with Gasteiger partial charge in [0.2, 0.25) is 0 Å². The van der Waals surface area contributed by atoms with Gasteiger partial charge in [0.05, 0.1) is 11.9 Å². The summed E-state index contributed by atoms with van der Waals surface area (Å²) < 4.78 is 2.04. The maximum Gasteiger partial charge on any atom is 0.157 e. The third-order valence-corrected chi connectivity index (χ3v) is 6.50. The average molecular weight is 296 g/mol. The minimum absolute atomic E-state index is 0.345. The quantitative estimate of drug-likeness (QED) is 0.919. The molecule has 1 spiro atoms. The Bertz CT molecular complexity index is 722. The predicted molar refractivity (Wildman–Crippen MR) is 87.3 cm³/mol. The van der Waals surface area contributed by atoms with Crippen LogP contribution < -0.4 is 5.32 Å². The van der Waals surface area contributed by atoms with E-state index in [0.29, 0.717) is 17.4 Å². The standard InChI is InChI=1S/C18H24N4/c1-12-11-14-16(18(12)8-2-3-9-18)21-15-7-10-19-22(15)17(14)20-13-5-4-6-13/h7,10,12-13,20H,2-6,8-9,11H2,1H3. The smallest absolute Gasteiger partial charge is 0.157 e. The SMILES string of the molecule is CC1Cc2c(nc3ccnn3c2NC2CCC2)C12CCCC2. The normalized spacial score (nSPS) is 26.5. The number of hydrogen-bond acceptors (Lipinski definition) is 3. The van der Waals surface area contributed by atoms with Gasteiger partial charge in [-0.15, -0.1) is 0 Å². The molecule has 1 N–H and O–H groups in total. The van der Waals surface area contributed by atoms with Gasteiger partial charge in [-0.05, 0) is 44.4 Å². The molecule has 4 nitrogen and oxygen atoms in total. The van der Waals surface area contributed by atoms with Crippen molar-refractivity contribution in [2.45, 2.75) is 69.7 Å². The molecule has 0 bridgehead atoms. The number of aromatic nitrogens is 3. The highest BCUT2D eigenvalue weighted by molar-refractivity contribution is 5.60. The number of anilines is 1. The van der Waals surface area contributed by atoms with Crippen molar-refractivity contribution in [3.8, 4) is 0 Å². The molecule has 1 atom stereocenters. The number of hydrogen-bond donors (Lipinski definition) is 1. The van der Waals surface area contributed by atoms with Crippen molar-refractivity contribution in [2.24, 2.45) is 5.92 Å². The summed E-state index contributed by atoms with van der Waals surface area (Å²) in [4.78, 5) is 5.07. The van der Waals surface area contributed by atoms with Gasteiger partial charge in [0, 0.05) is 23.1 Å². The number of nitrogens with one attached hydrogen (secondary N) is 1. The van der Waals surface area contributed by atoms with Crippen LogP contribution in [0.5, 0.6) is 0 Å². The van der Waals surface area contributed by atoms with E-state index >= 15 is 0 Å². The predicted octanol–water partition coefficient (Wildman–Crippen LogP) is 3.70. The summed E-state index contributed by atoms with van der Waals surface area (Å²) in [6, 6.07) is 2.69. The van der Waals surface area contributed by atoms with Gasteiger partial charge in [0.25, 0.3) is 0 Å². The molecule has 116 valence electrons. The fourth-order valence-corrected chi connectivity index (χ4v) is 4.95. The summed E-state index contributed by atoms with van der Waals surface area (Å²) in [7, 11) is 0. The lowest BCUT2D eigenvalue weighted by Gasteiger charge is -2.30. The maximum absolute atomic E-state index is 5.07. The lowest BCUT2D eigenvalue weighted by molar-refractivity contribution is 0.316. The van der Waals surface area contributed by atoms with Gasteiger partial charge >= 0.3 is 0 Å². The van der Waals surface area contributed by atoms with Crippen LogP contribution in [0, 0.1) is 5.92 Å². The van der Waals surface area contributed by atoms with Crippen molar-refractivity contribution in [2.75, 3.05) is 5.32 Å². The van der Waals surface area contributed by atoms with E-state index in [1.807, 2.05) is 10.7 Å². The molecular formula is C18H24N4. The Morgan fingerprint density at radius 3 is 2.77 bits per heavy atom. The molecular weight excluding hydrogens is 272 g/mol. The van der Waals surface area contributed by atoms with Crippen LogP contribution in [0.3, 0.4) is 0 Å². The molecule has 3 aliphatic rings. The van der Waals surface area contributed by atoms with E-state index in [-0.39, 0.29) is 0 Å². The van der Waals surface area contributed by atoms with Crippen molar-refractivity contribution in [3.05, 3.63) is 23.5 Å². The Hall–Kier alpha value is -1.58. The second-order valence-corrected chi connectivity index (χ2v) is 7.63. The Morgan fingerprint density at radius 1 is 1.23 bits per heavy atom. The maximum atomic E-state index is 5.07. The third kappa shape index (κ3) is 1.58. The van der Waals surface area contributed by atoms with E-state index in [1.54, 1.807) is 0 Å². The molecule has 2 heterocycles. The minimum atomic E-state index is 0.345. The lowest BCUT2D eigenvalue weighted by Crippen LogP contribution is -2.30. The summed E-state index contributed by atoms with van der Waals surface area (Å²) in [6.07, 6.45) is 12.3. The first-order valence-corrected chi connectivity index (χ1v) is 8.91. The Balaban J connectivity index is 1.71. The van der Waals surface area contributed by atoms with Gasteiger partial charge in [-0.25, -0.2) is 4.98 Å². The van der Waals surface area contributed by atoms with Gasteiger partial charge < -0.3 is 5.32 Å². The molecule has 5 rings (SSSR count). The van der Waals surface area contributed by atoms with E-state index in [9.17, 15) is 0 Å². The summed E-state index contributed by atoms with van der Waals surface area (Å²) >= 11 is 0. The van der Waals surface area contributed by atoms with E-state index < -0.39 is 0 Å². The van der Waals surface area contributed by atoms with Crippen LogP contribution in [0.2, 0.25) is 0 Å². The van der Waals surface area contributed by atoms with Crippen LogP contribution in [-0.4, -0.2) is 20.6 Å². The van der Waals surface area contributed by atoms with Gasteiger partial charge in [0.1, 0.15) is 5.82 Å². The molecule has 0 radical (unpaired) electrons. The minimum Gasteiger partial charge on any atom is -0.367 e. The van der Waals surface area contributed by atoms with Crippen LogP contribution in [0.4, 0.5) is 5.82 Å². The molecule has 0 saturated heterocycles. The van der Waals surface area contributed by atoms with Crippen LogP contribution in [-0.2, 0) is 11.8 Å². The molecule has 2 aromatic heterocycles. The van der Waals surface area contributed by atoms with E-state index in [0.717, 1.165) is 12.1 Å². The largest absolute Gasteiger partial charge is 0.367 e. The molecule has 2 fully saturated rings. The number of fused-ring (bicyclic) bond motifs is 3. The first-order valence-electron chi connectivity index (χ1n) is 8.91. The molecule has 22 heavy (non-hydrogen) atoms. The highest BCUT2D eigenvalue weighted by Crippen LogP contribution is 2.54. The first-order chi connectivity index (χ1) is 10.8. The van der Waals surface area contributed by atoms with Crippen molar-refractivity contribution in [1.82, 2.24) is 14.6 Å². The Morgan fingerprint density at radius 2 is 2.05 bits per heavy atom. The van der Waals surface area contributed by atoms with Crippen molar-refractivity contribution < 1.29 is 0 Å². The average Bonchev–Trinajstić information content (AvgIpc) is 3.17. The van der Waals surface area contributed by atoms with Gasteiger partial charge in [-0.2, -0.15) is 9.61 Å². The third-order valence-electron chi connectivity index (χ3n) is 6.50. The van der Waals surface area contributed by atoms with Crippen LogP contribution >= 0.6 is 0 Å². The van der Waals surface area contributed by atoms with Gasteiger partial charge in [-0.1, -0.05) is 19.8 Å². The lowest BCUT2D eigenvalue weighted by atomic mass is 9.76. The second kappa shape index (κ2) is 4.46. The van der Waals surface area contributed by atoms with Crippen LogP contribution in [0.25, 0.3) is 5.65 Å². The molecule has 2 saturated carbocycles. The number of nitrogens with zero attached hydrogens (tertiary/aromatic N) is 3. The highest BCUT2D eigenvalue weighted by Gasteiger charge is 2.49. The zero-order chi connectivity index (χ0) is 14.7. The zero-order valence-electron chi connectivity index (χ0n) is 13.3. The molecule has 1 unspecified atom stereocenters. The molecule has 2 aromatic rings. The summed E-state index contributed by atoms with van der Waals surface area (Å²) in [5.41, 5.74) is 4.21. The second-order valence-electron chi connectivity index (χ2n) is 7.63. The van der Waals surface area contributed by atoms with Crippen molar-refractivity contribution in [3.63, 3.8) is 0 Å². The topological polar surface area (TPSA) is 42.2 Å². The van der Waals surface area contributed by atoms with Crippen molar-refractivity contribution in [1.29, 1.82) is 0 Å². The van der Waals surface area contributed by atoms with Gasteiger partial charge in [-0.3, -0.25) is 0 Å². The van der Waals surface area contributed by atoms with Gasteiger partial charge in [0.15, 0.2) is 5.65 Å². The molecule has 0 aromatic carbocycles. The van der Waals surface area contributed by atoms with Crippen LogP contribution in [0.1, 0.15) is 63.1 Å². The van der Waals surface area contributed by atoms with Crippen LogP contribution in [0.15, 0.2) is 12.3 Å². The van der Waals surface area contributed by atoms with E-state index in [1.165, 1.54) is 62.0 Å².